The number of ketones is 1. The van der Waals surface area contributed by atoms with Crippen molar-refractivity contribution >= 4 is 17.7 Å². The number of benzene rings is 2. The van der Waals surface area contributed by atoms with Gasteiger partial charge in [-0.25, -0.2) is 0 Å². The van der Waals surface area contributed by atoms with E-state index < -0.39 is 17.8 Å². The molecule has 5 nitrogen and oxygen atoms in total. The first kappa shape index (κ1) is 20.4. The highest BCUT2D eigenvalue weighted by atomic mass is 16.5. The maximum atomic E-state index is 12.8. The van der Waals surface area contributed by atoms with Crippen LogP contribution in [0.1, 0.15) is 19.4 Å². The van der Waals surface area contributed by atoms with E-state index in [1.165, 1.54) is 7.05 Å². The average molecular weight is 367 g/mol. The Labute approximate surface area is 159 Å². The van der Waals surface area contributed by atoms with Gasteiger partial charge in [0, 0.05) is 13.5 Å². The summed E-state index contributed by atoms with van der Waals surface area (Å²) in [5.74, 6) is -3.24. The van der Waals surface area contributed by atoms with Crippen LogP contribution < -0.4 is 5.32 Å². The van der Waals surface area contributed by atoms with Crippen LogP contribution in [0.25, 0.3) is 11.1 Å². The number of hydrogen-bond acceptors (Lipinski definition) is 4. The van der Waals surface area contributed by atoms with E-state index in [-0.39, 0.29) is 24.7 Å². The molecule has 0 aliphatic heterocycles. The summed E-state index contributed by atoms with van der Waals surface area (Å²) in [6, 6.07) is 17.6. The van der Waals surface area contributed by atoms with Gasteiger partial charge in [0.1, 0.15) is 5.92 Å². The minimum atomic E-state index is -1.11. The van der Waals surface area contributed by atoms with E-state index in [9.17, 15) is 14.4 Å². The van der Waals surface area contributed by atoms with Gasteiger partial charge in [0.15, 0.2) is 5.78 Å². The molecule has 0 bridgehead atoms. The highest BCUT2D eigenvalue weighted by Crippen LogP contribution is 2.22. The molecule has 0 fully saturated rings. The molecule has 0 radical (unpaired) electrons. The molecule has 1 amide bonds. The van der Waals surface area contributed by atoms with Crippen molar-refractivity contribution in [3.8, 4) is 11.1 Å². The van der Waals surface area contributed by atoms with Crippen molar-refractivity contribution in [2.75, 3.05) is 13.7 Å². The molecular weight excluding hydrogens is 342 g/mol. The summed E-state index contributed by atoms with van der Waals surface area (Å²) in [6.45, 7) is 3.40. The van der Waals surface area contributed by atoms with Gasteiger partial charge in [-0.2, -0.15) is 0 Å². The monoisotopic (exact) mass is 367 g/mol. The fraction of sp³-hybridized carbons (Fsp3) is 0.318. The predicted octanol–water partition coefficient (Wildman–Crippen LogP) is 3.03. The van der Waals surface area contributed by atoms with Gasteiger partial charge in [-0.1, -0.05) is 61.5 Å². The third-order valence-corrected chi connectivity index (χ3v) is 4.49. The van der Waals surface area contributed by atoms with E-state index in [1.807, 2.05) is 54.6 Å². The third-order valence-electron chi connectivity index (χ3n) is 4.49. The Morgan fingerprint density at radius 1 is 0.963 bits per heavy atom. The molecule has 2 aromatic rings. The van der Waals surface area contributed by atoms with Crippen LogP contribution in [0, 0.1) is 11.8 Å². The number of rotatable bonds is 8. The largest absolute Gasteiger partial charge is 0.465 e. The summed E-state index contributed by atoms with van der Waals surface area (Å²) >= 11 is 0. The van der Waals surface area contributed by atoms with Crippen LogP contribution in [0.3, 0.4) is 0 Å². The first-order valence-electron chi connectivity index (χ1n) is 9.03. The zero-order valence-electron chi connectivity index (χ0n) is 15.9. The lowest BCUT2D eigenvalue weighted by molar-refractivity contribution is -0.156. The number of carbonyl (C=O) groups is 3. The quantitative estimate of drug-likeness (QED) is 0.575. The number of ether oxygens (including phenoxy) is 1. The van der Waals surface area contributed by atoms with Crippen molar-refractivity contribution in [2.45, 2.75) is 20.3 Å². The Hall–Kier alpha value is -2.95. The standard InChI is InChI=1S/C22H25NO4/c1-4-27-22(26)20(15(2)21(25)23-3)19(24)14-16-10-12-18(13-11-16)17-8-6-5-7-9-17/h5-13,15,20H,4,14H2,1-3H3,(H,23,25)/t15-,20?/m1/s1. The van der Waals surface area contributed by atoms with Gasteiger partial charge in [0.2, 0.25) is 5.91 Å². The summed E-state index contributed by atoms with van der Waals surface area (Å²) in [6.07, 6.45) is 0.0693. The third kappa shape index (κ3) is 5.26. The van der Waals surface area contributed by atoms with Gasteiger partial charge in [0.25, 0.3) is 0 Å². The number of hydrogen-bond donors (Lipinski definition) is 1. The number of carbonyl (C=O) groups excluding carboxylic acids is 3. The molecule has 142 valence electrons. The van der Waals surface area contributed by atoms with Gasteiger partial charge in [-0.05, 0) is 23.6 Å². The highest BCUT2D eigenvalue weighted by Gasteiger charge is 2.36. The second-order valence-corrected chi connectivity index (χ2v) is 6.34. The Bertz CT molecular complexity index is 784. The van der Waals surface area contributed by atoms with E-state index in [0.717, 1.165) is 16.7 Å². The molecule has 0 saturated carbocycles. The summed E-state index contributed by atoms with van der Waals surface area (Å²) in [4.78, 5) is 37.0. The molecule has 2 rings (SSSR count). The predicted molar refractivity (Wildman–Crippen MR) is 104 cm³/mol. The minimum Gasteiger partial charge on any atom is -0.465 e. The number of esters is 1. The molecule has 5 heteroatoms. The Morgan fingerprint density at radius 3 is 2.11 bits per heavy atom. The summed E-state index contributed by atoms with van der Waals surface area (Å²) in [5.41, 5.74) is 2.93. The van der Waals surface area contributed by atoms with Crippen molar-refractivity contribution in [1.29, 1.82) is 0 Å². The first-order chi connectivity index (χ1) is 13.0. The van der Waals surface area contributed by atoms with E-state index in [4.69, 9.17) is 4.74 Å². The fourth-order valence-electron chi connectivity index (χ4n) is 2.98. The van der Waals surface area contributed by atoms with E-state index in [0.29, 0.717) is 0 Å². The normalized spacial score (nSPS) is 12.7. The van der Waals surface area contributed by atoms with Crippen LogP contribution >= 0.6 is 0 Å². The molecule has 0 aliphatic rings. The molecule has 2 atom stereocenters. The van der Waals surface area contributed by atoms with Gasteiger partial charge in [-0.3, -0.25) is 14.4 Å². The SMILES string of the molecule is CCOC(=O)C(C(=O)Cc1ccc(-c2ccccc2)cc1)[C@@H](C)C(=O)NC. The van der Waals surface area contributed by atoms with Crippen LogP contribution in [-0.4, -0.2) is 31.3 Å². The van der Waals surface area contributed by atoms with Gasteiger partial charge < -0.3 is 10.1 Å². The van der Waals surface area contributed by atoms with Crippen molar-refractivity contribution in [3.05, 3.63) is 60.2 Å². The van der Waals surface area contributed by atoms with Crippen LogP contribution in [0.4, 0.5) is 0 Å². The highest BCUT2D eigenvalue weighted by molar-refractivity contribution is 6.03. The van der Waals surface area contributed by atoms with Crippen molar-refractivity contribution < 1.29 is 19.1 Å². The molecule has 1 N–H and O–H groups in total. The number of amides is 1. The molecule has 0 heterocycles. The average Bonchev–Trinajstić information content (AvgIpc) is 2.69. The number of nitrogens with one attached hydrogen (secondary N) is 1. The van der Waals surface area contributed by atoms with Gasteiger partial charge >= 0.3 is 5.97 Å². The molecule has 1 unspecified atom stereocenters. The van der Waals surface area contributed by atoms with E-state index in [1.54, 1.807) is 13.8 Å². The van der Waals surface area contributed by atoms with Crippen LogP contribution in [0.2, 0.25) is 0 Å². The van der Waals surface area contributed by atoms with Crippen molar-refractivity contribution in [1.82, 2.24) is 5.32 Å². The summed E-state index contributed by atoms with van der Waals surface area (Å²) < 4.78 is 5.02. The van der Waals surface area contributed by atoms with Crippen molar-refractivity contribution in [2.24, 2.45) is 11.8 Å². The topological polar surface area (TPSA) is 72.5 Å². The van der Waals surface area contributed by atoms with Gasteiger partial charge in [-0.15, -0.1) is 0 Å². The smallest absolute Gasteiger partial charge is 0.317 e. The Kier molecular flexibility index (Phi) is 7.29. The molecule has 0 aromatic heterocycles. The second kappa shape index (κ2) is 9.67. The lowest BCUT2D eigenvalue weighted by atomic mass is 9.86. The van der Waals surface area contributed by atoms with Crippen molar-refractivity contribution in [3.63, 3.8) is 0 Å². The van der Waals surface area contributed by atoms with Crippen LogP contribution in [0.15, 0.2) is 54.6 Å². The Morgan fingerprint density at radius 2 is 1.56 bits per heavy atom. The lowest BCUT2D eigenvalue weighted by Crippen LogP contribution is -2.40. The summed E-state index contributed by atoms with van der Waals surface area (Å²) in [5, 5.41) is 2.49. The number of Topliss-reactive ketones (excluding diaryl/α,β-unsaturated/α-hetero) is 1. The second-order valence-electron chi connectivity index (χ2n) is 6.34. The molecule has 0 saturated heterocycles. The fourth-order valence-corrected chi connectivity index (χ4v) is 2.98. The Balaban J connectivity index is 2.16. The first-order valence-corrected chi connectivity index (χ1v) is 9.03. The van der Waals surface area contributed by atoms with Crippen LogP contribution in [0.5, 0.6) is 0 Å². The molecule has 2 aromatic carbocycles. The maximum Gasteiger partial charge on any atom is 0.317 e. The van der Waals surface area contributed by atoms with E-state index >= 15 is 0 Å². The van der Waals surface area contributed by atoms with E-state index in [2.05, 4.69) is 5.32 Å². The zero-order valence-corrected chi connectivity index (χ0v) is 15.9. The minimum absolute atomic E-state index is 0.0693. The molecule has 27 heavy (non-hydrogen) atoms. The maximum absolute atomic E-state index is 12.8. The van der Waals surface area contributed by atoms with Gasteiger partial charge in [0.05, 0.1) is 12.5 Å². The molecular formula is C22H25NO4. The zero-order chi connectivity index (χ0) is 19.8. The van der Waals surface area contributed by atoms with Crippen LogP contribution in [-0.2, 0) is 25.5 Å². The molecule has 0 spiro atoms. The summed E-state index contributed by atoms with van der Waals surface area (Å²) in [7, 11) is 1.48. The lowest BCUT2D eigenvalue weighted by Gasteiger charge is -2.20. The molecule has 0 aliphatic carbocycles.